The average Bonchev–Trinajstić information content (AvgIpc) is 3.03. The van der Waals surface area contributed by atoms with Crippen molar-refractivity contribution in [2.45, 2.75) is 0 Å². The van der Waals surface area contributed by atoms with Crippen molar-refractivity contribution in [3.63, 3.8) is 0 Å². The molecule has 184 valence electrons. The largest absolute Gasteiger partial charge is 0.247 e. The molecule has 8 aromatic rings. The summed E-state index contributed by atoms with van der Waals surface area (Å²) in [7, 11) is 0. The molecule has 0 saturated carbocycles. The Hall–Kier alpha value is -5.52. The maximum atomic E-state index is 9.38. The van der Waals surface area contributed by atoms with Crippen molar-refractivity contribution in [3.8, 4) is 28.5 Å². The van der Waals surface area contributed by atoms with Gasteiger partial charge >= 0.3 is 0 Å². The summed E-state index contributed by atoms with van der Waals surface area (Å²) in [6.45, 7) is 0. The van der Waals surface area contributed by atoms with Crippen LogP contribution in [0.15, 0.2) is 133 Å². The molecule has 1 aromatic heterocycles. The van der Waals surface area contributed by atoms with Crippen LogP contribution in [0.25, 0.3) is 76.4 Å². The fourth-order valence-electron chi connectivity index (χ4n) is 6.32. The van der Waals surface area contributed by atoms with Gasteiger partial charge in [0.1, 0.15) is 0 Å². The summed E-state index contributed by atoms with van der Waals surface area (Å²) in [5.41, 5.74) is 6.07. The Balaban J connectivity index is 1.58. The normalized spacial score (nSPS) is 11.5. The van der Waals surface area contributed by atoms with Gasteiger partial charge in [0.25, 0.3) is 0 Å². The third-order valence-corrected chi connectivity index (χ3v) is 8.06. The fraction of sp³-hybridized carbons (Fsp3) is 0. The SMILES string of the molecule is N#Cc1ccc(-c2c3ccccc3c(-c3nc4ccccc4c4c3ccc3ccccc34)c3ccccc23)cc1. The van der Waals surface area contributed by atoms with E-state index < -0.39 is 0 Å². The van der Waals surface area contributed by atoms with Gasteiger partial charge in [0, 0.05) is 21.7 Å². The average molecular weight is 507 g/mol. The predicted molar refractivity (Wildman–Crippen MR) is 167 cm³/mol. The molecular formula is C38H22N2. The van der Waals surface area contributed by atoms with Crippen LogP contribution in [-0.4, -0.2) is 4.98 Å². The highest BCUT2D eigenvalue weighted by molar-refractivity contribution is 6.27. The Bertz CT molecular complexity index is 2250. The van der Waals surface area contributed by atoms with E-state index in [1.54, 1.807) is 0 Å². The van der Waals surface area contributed by atoms with Gasteiger partial charge in [-0.2, -0.15) is 5.26 Å². The van der Waals surface area contributed by atoms with Crippen LogP contribution >= 0.6 is 0 Å². The summed E-state index contributed by atoms with van der Waals surface area (Å²) >= 11 is 0. The first-order valence-electron chi connectivity index (χ1n) is 13.5. The van der Waals surface area contributed by atoms with Gasteiger partial charge < -0.3 is 0 Å². The number of pyridine rings is 1. The first-order valence-corrected chi connectivity index (χ1v) is 13.5. The van der Waals surface area contributed by atoms with Crippen molar-refractivity contribution in [3.05, 3.63) is 139 Å². The van der Waals surface area contributed by atoms with E-state index in [-0.39, 0.29) is 0 Å². The third kappa shape index (κ3) is 3.25. The maximum Gasteiger partial charge on any atom is 0.0991 e. The molecule has 1 heterocycles. The zero-order valence-electron chi connectivity index (χ0n) is 21.6. The Morgan fingerprint density at radius 1 is 0.450 bits per heavy atom. The zero-order valence-corrected chi connectivity index (χ0v) is 21.6. The van der Waals surface area contributed by atoms with Crippen LogP contribution in [-0.2, 0) is 0 Å². The van der Waals surface area contributed by atoms with Crippen LogP contribution < -0.4 is 0 Å². The van der Waals surface area contributed by atoms with Crippen LogP contribution in [0.2, 0.25) is 0 Å². The van der Waals surface area contributed by atoms with E-state index in [4.69, 9.17) is 4.98 Å². The number of hydrogen-bond acceptors (Lipinski definition) is 2. The molecule has 0 radical (unpaired) electrons. The first kappa shape index (κ1) is 22.5. The number of benzene rings is 7. The molecule has 0 amide bonds. The second-order valence-electron chi connectivity index (χ2n) is 10.2. The highest BCUT2D eigenvalue weighted by atomic mass is 14.7. The number of rotatable bonds is 2. The molecule has 2 heteroatoms. The summed E-state index contributed by atoms with van der Waals surface area (Å²) in [6.07, 6.45) is 0. The Morgan fingerprint density at radius 3 is 1.65 bits per heavy atom. The number of para-hydroxylation sites is 1. The van der Waals surface area contributed by atoms with E-state index in [2.05, 4.69) is 127 Å². The summed E-state index contributed by atoms with van der Waals surface area (Å²) < 4.78 is 0. The smallest absolute Gasteiger partial charge is 0.0991 e. The van der Waals surface area contributed by atoms with Crippen molar-refractivity contribution in [1.29, 1.82) is 5.26 Å². The topological polar surface area (TPSA) is 36.7 Å². The van der Waals surface area contributed by atoms with Crippen LogP contribution in [0, 0.1) is 11.3 Å². The van der Waals surface area contributed by atoms with Crippen LogP contribution in [0.5, 0.6) is 0 Å². The highest BCUT2D eigenvalue weighted by Gasteiger charge is 2.20. The molecule has 0 aliphatic rings. The Kier molecular flexibility index (Phi) is 4.92. The van der Waals surface area contributed by atoms with Gasteiger partial charge in [-0.1, -0.05) is 115 Å². The van der Waals surface area contributed by atoms with E-state index >= 15 is 0 Å². The maximum absolute atomic E-state index is 9.38. The monoisotopic (exact) mass is 506 g/mol. The number of fused-ring (bicyclic) bond motifs is 7. The third-order valence-electron chi connectivity index (χ3n) is 8.06. The van der Waals surface area contributed by atoms with Crippen molar-refractivity contribution >= 4 is 54.0 Å². The summed E-state index contributed by atoms with van der Waals surface area (Å²) in [6, 6.07) is 49.0. The second kappa shape index (κ2) is 8.76. The molecule has 0 atom stereocenters. The fourth-order valence-corrected chi connectivity index (χ4v) is 6.32. The van der Waals surface area contributed by atoms with Crippen molar-refractivity contribution in [1.82, 2.24) is 4.98 Å². The molecular weight excluding hydrogens is 484 g/mol. The highest BCUT2D eigenvalue weighted by Crippen LogP contribution is 2.46. The molecule has 0 N–H and O–H groups in total. The summed E-state index contributed by atoms with van der Waals surface area (Å²) in [5.74, 6) is 0. The van der Waals surface area contributed by atoms with E-state index in [9.17, 15) is 5.26 Å². The molecule has 0 fully saturated rings. The van der Waals surface area contributed by atoms with Crippen molar-refractivity contribution in [2.75, 3.05) is 0 Å². The molecule has 0 aliphatic carbocycles. The predicted octanol–water partition coefficient (Wildman–Crippen LogP) is 10.1. The van der Waals surface area contributed by atoms with Gasteiger partial charge in [0.05, 0.1) is 22.8 Å². The lowest BCUT2D eigenvalue weighted by Gasteiger charge is -2.19. The van der Waals surface area contributed by atoms with Gasteiger partial charge in [-0.15, -0.1) is 0 Å². The molecule has 0 aliphatic heterocycles. The van der Waals surface area contributed by atoms with Crippen molar-refractivity contribution in [2.24, 2.45) is 0 Å². The number of nitrogens with zero attached hydrogens (tertiary/aromatic N) is 2. The lowest BCUT2D eigenvalue weighted by molar-refractivity contribution is 1.45. The molecule has 0 bridgehead atoms. The standard InChI is InChI=1S/C38H22N2/c39-23-24-17-19-26(20-18-24)35-28-11-3-5-13-30(28)37(31-14-6-4-12-29(31)35)38-33-22-21-25-9-1-2-10-27(25)36(33)32-15-7-8-16-34(32)40-38/h1-22H. The Labute approximate surface area is 231 Å². The lowest BCUT2D eigenvalue weighted by Crippen LogP contribution is -1.95. The van der Waals surface area contributed by atoms with Crippen LogP contribution in [0.4, 0.5) is 0 Å². The van der Waals surface area contributed by atoms with Crippen molar-refractivity contribution < 1.29 is 0 Å². The molecule has 0 saturated heterocycles. The zero-order chi connectivity index (χ0) is 26.6. The summed E-state index contributed by atoms with van der Waals surface area (Å²) in [5, 5.41) is 20.1. The minimum atomic E-state index is 0.660. The molecule has 40 heavy (non-hydrogen) atoms. The first-order chi connectivity index (χ1) is 19.8. The number of hydrogen-bond donors (Lipinski definition) is 0. The quantitative estimate of drug-likeness (QED) is 0.173. The van der Waals surface area contributed by atoms with E-state index in [1.807, 2.05) is 12.1 Å². The number of aromatic nitrogens is 1. The molecule has 7 aromatic carbocycles. The molecule has 2 nitrogen and oxygen atoms in total. The molecule has 0 spiro atoms. The van der Waals surface area contributed by atoms with Crippen LogP contribution in [0.3, 0.4) is 0 Å². The minimum Gasteiger partial charge on any atom is -0.247 e. The van der Waals surface area contributed by atoms with Gasteiger partial charge in [-0.25, -0.2) is 4.98 Å². The van der Waals surface area contributed by atoms with E-state index in [0.29, 0.717) is 5.56 Å². The van der Waals surface area contributed by atoms with E-state index in [1.165, 1.54) is 37.9 Å². The van der Waals surface area contributed by atoms with Gasteiger partial charge in [0.2, 0.25) is 0 Å². The molecule has 0 unspecified atom stereocenters. The lowest BCUT2D eigenvalue weighted by atomic mass is 9.85. The van der Waals surface area contributed by atoms with E-state index in [0.717, 1.165) is 38.5 Å². The Morgan fingerprint density at radius 2 is 1.00 bits per heavy atom. The number of nitriles is 1. The van der Waals surface area contributed by atoms with Crippen LogP contribution in [0.1, 0.15) is 5.56 Å². The van der Waals surface area contributed by atoms with Gasteiger partial charge in [-0.3, -0.25) is 0 Å². The second-order valence-corrected chi connectivity index (χ2v) is 10.2. The van der Waals surface area contributed by atoms with Gasteiger partial charge in [-0.05, 0) is 61.6 Å². The molecule has 8 rings (SSSR count). The summed E-state index contributed by atoms with van der Waals surface area (Å²) in [4.78, 5) is 5.37. The van der Waals surface area contributed by atoms with Gasteiger partial charge in [0.15, 0.2) is 0 Å². The minimum absolute atomic E-state index is 0.660.